The molecule has 3 rings (SSSR count). The zero-order valence-electron chi connectivity index (χ0n) is 14.8. The molecule has 1 aliphatic carbocycles. The van der Waals surface area contributed by atoms with Gasteiger partial charge in [-0.25, -0.2) is 0 Å². The number of aliphatic hydroxyl groups is 1. The van der Waals surface area contributed by atoms with Crippen LogP contribution in [0.2, 0.25) is 0 Å². The predicted octanol–water partition coefficient (Wildman–Crippen LogP) is 2.25. The van der Waals surface area contributed by atoms with Crippen LogP contribution in [0.15, 0.2) is 36.4 Å². The molecule has 0 radical (unpaired) electrons. The van der Waals surface area contributed by atoms with Crippen LogP contribution in [0.4, 0.5) is 0 Å². The van der Waals surface area contributed by atoms with E-state index in [4.69, 9.17) is 14.6 Å². The highest BCUT2D eigenvalue weighted by Gasteiger charge is 2.52. The lowest BCUT2D eigenvalue weighted by Crippen LogP contribution is -2.53. The van der Waals surface area contributed by atoms with E-state index < -0.39 is 0 Å². The second-order valence-corrected chi connectivity index (χ2v) is 6.80. The standard InChI is InChI=1S/C20H27NO4/c1-24-20-10-9-17(25-14-13-22)15-18(20)21(12-11-20)19(23)8-7-16-5-3-2-4-6-16/h2-8,17-18,22H,9-15H2,1H3/b8-7+/t17-,18+,20-/m0/s1. The van der Waals surface area contributed by atoms with Crippen molar-refractivity contribution in [1.29, 1.82) is 0 Å². The molecule has 1 heterocycles. The molecule has 0 unspecified atom stereocenters. The molecule has 1 amide bonds. The van der Waals surface area contributed by atoms with Gasteiger partial charge in [-0.05, 0) is 37.3 Å². The summed E-state index contributed by atoms with van der Waals surface area (Å²) >= 11 is 0. The van der Waals surface area contributed by atoms with Gasteiger partial charge in [0.2, 0.25) is 5.91 Å². The van der Waals surface area contributed by atoms with Crippen LogP contribution in [0, 0.1) is 0 Å². The Labute approximate surface area is 149 Å². The minimum Gasteiger partial charge on any atom is -0.394 e. The Morgan fingerprint density at radius 3 is 2.88 bits per heavy atom. The lowest BCUT2D eigenvalue weighted by molar-refractivity contribution is -0.137. The monoisotopic (exact) mass is 345 g/mol. The Hall–Kier alpha value is -1.69. The summed E-state index contributed by atoms with van der Waals surface area (Å²) in [5, 5.41) is 8.98. The van der Waals surface area contributed by atoms with Crippen molar-refractivity contribution >= 4 is 12.0 Å². The molecule has 25 heavy (non-hydrogen) atoms. The largest absolute Gasteiger partial charge is 0.394 e. The number of hydrogen-bond acceptors (Lipinski definition) is 4. The fourth-order valence-corrected chi connectivity index (χ4v) is 4.12. The quantitative estimate of drug-likeness (QED) is 0.804. The van der Waals surface area contributed by atoms with Gasteiger partial charge in [-0.2, -0.15) is 0 Å². The minimum atomic E-state index is -0.255. The fourth-order valence-electron chi connectivity index (χ4n) is 4.12. The number of rotatable bonds is 6. The molecule has 0 aromatic heterocycles. The zero-order valence-corrected chi connectivity index (χ0v) is 14.8. The number of hydrogen-bond donors (Lipinski definition) is 1. The highest BCUT2D eigenvalue weighted by molar-refractivity contribution is 5.92. The Balaban J connectivity index is 1.70. The molecule has 1 aromatic carbocycles. The van der Waals surface area contributed by atoms with Crippen LogP contribution in [0.1, 0.15) is 31.2 Å². The van der Waals surface area contributed by atoms with Crippen molar-refractivity contribution in [3.05, 3.63) is 42.0 Å². The number of nitrogens with zero attached hydrogens (tertiary/aromatic N) is 1. The van der Waals surface area contributed by atoms with E-state index in [0.29, 0.717) is 13.2 Å². The molecule has 1 N–H and O–H groups in total. The van der Waals surface area contributed by atoms with Crippen LogP contribution in [0.3, 0.4) is 0 Å². The van der Waals surface area contributed by atoms with Crippen molar-refractivity contribution in [2.45, 2.75) is 43.4 Å². The number of carbonyl (C=O) groups excluding carboxylic acids is 1. The first-order valence-electron chi connectivity index (χ1n) is 9.00. The second kappa shape index (κ2) is 8.13. The summed E-state index contributed by atoms with van der Waals surface area (Å²) in [5.74, 6) is 0.0237. The molecule has 0 spiro atoms. The van der Waals surface area contributed by atoms with Gasteiger partial charge in [0, 0.05) is 19.7 Å². The van der Waals surface area contributed by atoms with Gasteiger partial charge < -0.3 is 19.5 Å². The highest BCUT2D eigenvalue weighted by Crippen LogP contribution is 2.43. The van der Waals surface area contributed by atoms with Gasteiger partial charge >= 0.3 is 0 Å². The molecule has 1 saturated carbocycles. The Bertz CT molecular complexity index is 603. The Morgan fingerprint density at radius 2 is 2.16 bits per heavy atom. The predicted molar refractivity (Wildman–Crippen MR) is 96.0 cm³/mol. The first-order valence-corrected chi connectivity index (χ1v) is 9.00. The molecule has 0 bridgehead atoms. The van der Waals surface area contributed by atoms with Gasteiger partial charge in [0.05, 0.1) is 31.0 Å². The van der Waals surface area contributed by atoms with Crippen LogP contribution < -0.4 is 0 Å². The molecule has 2 aliphatic rings. The van der Waals surface area contributed by atoms with Crippen LogP contribution in [0.5, 0.6) is 0 Å². The van der Waals surface area contributed by atoms with Crippen LogP contribution in [-0.2, 0) is 14.3 Å². The Morgan fingerprint density at radius 1 is 1.36 bits per heavy atom. The number of ether oxygens (including phenoxy) is 2. The average molecular weight is 345 g/mol. The van der Waals surface area contributed by atoms with Gasteiger partial charge in [-0.15, -0.1) is 0 Å². The molecule has 1 saturated heterocycles. The second-order valence-electron chi connectivity index (χ2n) is 6.80. The van der Waals surface area contributed by atoms with Gasteiger partial charge in [0.1, 0.15) is 0 Å². The van der Waals surface area contributed by atoms with Gasteiger partial charge in [-0.1, -0.05) is 30.3 Å². The van der Waals surface area contributed by atoms with E-state index in [2.05, 4.69) is 0 Å². The first-order chi connectivity index (χ1) is 12.2. The van der Waals surface area contributed by atoms with E-state index in [1.54, 1.807) is 13.2 Å². The summed E-state index contributed by atoms with van der Waals surface area (Å²) < 4.78 is 11.6. The van der Waals surface area contributed by atoms with E-state index in [1.807, 2.05) is 41.3 Å². The number of aliphatic hydroxyl groups excluding tert-OH is 1. The molecular weight excluding hydrogens is 318 g/mol. The van der Waals surface area contributed by atoms with Gasteiger partial charge in [-0.3, -0.25) is 4.79 Å². The molecule has 5 heteroatoms. The third kappa shape index (κ3) is 3.94. The molecule has 1 aromatic rings. The third-order valence-corrected chi connectivity index (χ3v) is 5.49. The van der Waals surface area contributed by atoms with Crippen molar-refractivity contribution in [3.8, 4) is 0 Å². The fraction of sp³-hybridized carbons (Fsp3) is 0.550. The van der Waals surface area contributed by atoms with Gasteiger partial charge in [0.25, 0.3) is 0 Å². The number of methoxy groups -OCH3 is 1. The van der Waals surface area contributed by atoms with Crippen molar-refractivity contribution in [3.63, 3.8) is 0 Å². The zero-order chi connectivity index (χ0) is 17.7. The summed E-state index contributed by atoms with van der Waals surface area (Å²) in [5.41, 5.74) is 0.760. The van der Waals surface area contributed by atoms with E-state index in [1.165, 1.54) is 0 Å². The molecule has 136 valence electrons. The lowest BCUT2D eigenvalue weighted by atomic mass is 9.79. The number of likely N-dealkylation sites (tertiary alicyclic amines) is 1. The molecule has 5 nitrogen and oxygen atoms in total. The maximum absolute atomic E-state index is 12.8. The molecule has 3 atom stereocenters. The van der Waals surface area contributed by atoms with E-state index in [-0.39, 0.29) is 30.3 Å². The summed E-state index contributed by atoms with van der Waals surface area (Å²) in [6.45, 7) is 1.08. The van der Waals surface area contributed by atoms with Crippen molar-refractivity contribution in [2.24, 2.45) is 0 Å². The van der Waals surface area contributed by atoms with Crippen molar-refractivity contribution in [1.82, 2.24) is 4.90 Å². The minimum absolute atomic E-state index is 0.0237. The topological polar surface area (TPSA) is 59.0 Å². The van der Waals surface area contributed by atoms with E-state index in [9.17, 15) is 4.79 Å². The molecule has 2 fully saturated rings. The van der Waals surface area contributed by atoms with Crippen LogP contribution in [-0.4, -0.2) is 60.5 Å². The number of amides is 1. The van der Waals surface area contributed by atoms with Crippen LogP contribution in [0.25, 0.3) is 6.08 Å². The number of carbonyl (C=O) groups is 1. The smallest absolute Gasteiger partial charge is 0.246 e. The van der Waals surface area contributed by atoms with Crippen LogP contribution >= 0.6 is 0 Å². The Kier molecular flexibility index (Phi) is 5.89. The molecular formula is C20H27NO4. The molecule has 1 aliphatic heterocycles. The SMILES string of the molecule is CO[C@]12CC[C@H](OCCO)C[C@H]1N(C(=O)/C=C/c1ccccc1)CC2. The summed E-state index contributed by atoms with van der Waals surface area (Å²) in [6, 6.07) is 9.86. The van der Waals surface area contributed by atoms with E-state index in [0.717, 1.165) is 31.2 Å². The average Bonchev–Trinajstić information content (AvgIpc) is 3.04. The van der Waals surface area contributed by atoms with Gasteiger partial charge in [0.15, 0.2) is 0 Å². The maximum Gasteiger partial charge on any atom is 0.246 e. The number of benzene rings is 1. The van der Waals surface area contributed by atoms with E-state index >= 15 is 0 Å². The summed E-state index contributed by atoms with van der Waals surface area (Å²) in [4.78, 5) is 14.7. The summed E-state index contributed by atoms with van der Waals surface area (Å²) in [6.07, 6.45) is 7.01. The first kappa shape index (κ1) is 18.1. The normalized spacial score (nSPS) is 29.1. The number of fused-ring (bicyclic) bond motifs is 1. The van der Waals surface area contributed by atoms with Crippen molar-refractivity contribution < 1.29 is 19.4 Å². The highest BCUT2D eigenvalue weighted by atomic mass is 16.5. The lowest BCUT2D eigenvalue weighted by Gasteiger charge is -2.43. The summed E-state index contributed by atoms with van der Waals surface area (Å²) in [7, 11) is 1.75. The maximum atomic E-state index is 12.8. The third-order valence-electron chi connectivity index (χ3n) is 5.49. The van der Waals surface area contributed by atoms with Crippen molar-refractivity contribution in [2.75, 3.05) is 26.9 Å².